The fraction of sp³-hybridized carbons (Fsp3) is 0.381. The summed E-state index contributed by atoms with van der Waals surface area (Å²) >= 11 is 6.06. The number of aryl methyl sites for hydroxylation is 1. The van der Waals surface area contributed by atoms with Gasteiger partial charge in [0.05, 0.1) is 0 Å². The lowest BCUT2D eigenvalue weighted by molar-refractivity contribution is 0.176. The van der Waals surface area contributed by atoms with Crippen LogP contribution in [0.2, 0.25) is 5.02 Å². The summed E-state index contributed by atoms with van der Waals surface area (Å²) < 4.78 is 0. The number of nitrogens with zero attached hydrogens (tertiary/aromatic N) is 1. The van der Waals surface area contributed by atoms with E-state index in [4.69, 9.17) is 11.6 Å². The van der Waals surface area contributed by atoms with Crippen LogP contribution in [0.1, 0.15) is 24.0 Å². The number of urea groups is 1. The van der Waals surface area contributed by atoms with Crippen LogP contribution in [0, 0.1) is 12.8 Å². The number of rotatable bonds is 5. The normalized spacial score (nSPS) is 15.6. The molecular formula is C21H26ClN3O. The monoisotopic (exact) mass is 371 g/mol. The summed E-state index contributed by atoms with van der Waals surface area (Å²) in [4.78, 5) is 14.5. The molecule has 1 heterocycles. The van der Waals surface area contributed by atoms with Crippen molar-refractivity contribution in [1.29, 1.82) is 0 Å². The van der Waals surface area contributed by atoms with Crippen molar-refractivity contribution in [2.75, 3.05) is 25.0 Å². The Bertz CT molecular complexity index is 724. The Morgan fingerprint density at radius 3 is 2.58 bits per heavy atom. The molecule has 138 valence electrons. The third-order valence-corrected chi connectivity index (χ3v) is 5.10. The smallest absolute Gasteiger partial charge is 0.319 e. The minimum atomic E-state index is -0.129. The molecule has 0 saturated carbocycles. The minimum absolute atomic E-state index is 0.129. The van der Waals surface area contributed by atoms with Gasteiger partial charge in [0, 0.05) is 23.8 Å². The highest BCUT2D eigenvalue weighted by Crippen LogP contribution is 2.20. The molecule has 5 heteroatoms. The zero-order chi connectivity index (χ0) is 18.4. The highest BCUT2D eigenvalue weighted by atomic mass is 35.5. The Morgan fingerprint density at radius 1 is 1.15 bits per heavy atom. The number of nitrogens with one attached hydrogen (secondary N) is 2. The number of benzene rings is 2. The number of hydrogen-bond donors (Lipinski definition) is 2. The summed E-state index contributed by atoms with van der Waals surface area (Å²) in [5.41, 5.74) is 3.26. The van der Waals surface area contributed by atoms with E-state index in [0.717, 1.165) is 49.7 Å². The number of hydrogen-bond acceptors (Lipinski definition) is 2. The number of piperidine rings is 1. The summed E-state index contributed by atoms with van der Waals surface area (Å²) in [7, 11) is 0. The van der Waals surface area contributed by atoms with Crippen LogP contribution in [0.4, 0.5) is 10.5 Å². The molecule has 2 amide bonds. The van der Waals surface area contributed by atoms with Crippen LogP contribution >= 0.6 is 11.6 Å². The molecule has 0 aliphatic carbocycles. The van der Waals surface area contributed by atoms with Gasteiger partial charge in [-0.15, -0.1) is 0 Å². The minimum Gasteiger partial charge on any atom is -0.338 e. The number of carbonyl (C=O) groups is 1. The first kappa shape index (κ1) is 18.7. The Labute approximate surface area is 160 Å². The molecule has 2 aromatic rings. The van der Waals surface area contributed by atoms with Gasteiger partial charge in [-0.2, -0.15) is 0 Å². The van der Waals surface area contributed by atoms with Gasteiger partial charge in [0.25, 0.3) is 0 Å². The van der Waals surface area contributed by atoms with Crippen molar-refractivity contribution in [1.82, 2.24) is 10.2 Å². The Hall–Kier alpha value is -2.04. The van der Waals surface area contributed by atoms with E-state index in [0.29, 0.717) is 5.92 Å². The quantitative estimate of drug-likeness (QED) is 0.801. The van der Waals surface area contributed by atoms with Gasteiger partial charge in [0.15, 0.2) is 0 Å². The van der Waals surface area contributed by atoms with Crippen molar-refractivity contribution in [3.8, 4) is 0 Å². The van der Waals surface area contributed by atoms with Crippen molar-refractivity contribution in [2.45, 2.75) is 26.3 Å². The summed E-state index contributed by atoms with van der Waals surface area (Å²) in [6, 6.07) is 15.8. The predicted octanol–water partition coefficient (Wildman–Crippen LogP) is 4.68. The van der Waals surface area contributed by atoms with Crippen LogP contribution in [-0.2, 0) is 6.54 Å². The molecular weight excluding hydrogens is 346 g/mol. The molecule has 4 nitrogen and oxygen atoms in total. The lowest BCUT2D eigenvalue weighted by atomic mass is 9.96. The van der Waals surface area contributed by atoms with Gasteiger partial charge in [-0.3, -0.25) is 4.90 Å². The van der Waals surface area contributed by atoms with Crippen LogP contribution < -0.4 is 10.6 Å². The van der Waals surface area contributed by atoms with E-state index in [1.54, 1.807) is 0 Å². The van der Waals surface area contributed by atoms with Crippen molar-refractivity contribution in [2.24, 2.45) is 5.92 Å². The summed E-state index contributed by atoms with van der Waals surface area (Å²) in [5.74, 6) is 0.536. The summed E-state index contributed by atoms with van der Waals surface area (Å²) in [6.07, 6.45) is 2.21. The number of anilines is 1. The predicted molar refractivity (Wildman–Crippen MR) is 108 cm³/mol. The summed E-state index contributed by atoms with van der Waals surface area (Å²) in [6.45, 7) is 5.80. The molecule has 2 N–H and O–H groups in total. The van der Waals surface area contributed by atoms with E-state index in [1.165, 1.54) is 11.1 Å². The van der Waals surface area contributed by atoms with Crippen molar-refractivity contribution < 1.29 is 4.79 Å². The summed E-state index contributed by atoms with van der Waals surface area (Å²) in [5, 5.41) is 6.68. The van der Waals surface area contributed by atoms with Crippen LogP contribution in [-0.4, -0.2) is 30.6 Å². The number of amides is 2. The SMILES string of the molecule is Cc1ccc(NC(=O)NCC2CCN(Cc3cccc(Cl)c3)CC2)cc1. The molecule has 1 aliphatic rings. The first-order valence-corrected chi connectivity index (χ1v) is 9.54. The second-order valence-electron chi connectivity index (χ2n) is 7.05. The van der Waals surface area contributed by atoms with Gasteiger partial charge < -0.3 is 10.6 Å². The molecule has 1 aliphatic heterocycles. The molecule has 1 fully saturated rings. The lowest BCUT2D eigenvalue weighted by Crippen LogP contribution is -2.39. The Kier molecular flexibility index (Phi) is 6.53. The van der Waals surface area contributed by atoms with Gasteiger partial charge >= 0.3 is 6.03 Å². The number of carbonyl (C=O) groups excluding carboxylic acids is 1. The van der Waals surface area contributed by atoms with Crippen LogP contribution in [0.5, 0.6) is 0 Å². The van der Waals surface area contributed by atoms with Gasteiger partial charge in [0.1, 0.15) is 0 Å². The zero-order valence-electron chi connectivity index (χ0n) is 15.2. The number of halogens is 1. The van der Waals surface area contributed by atoms with E-state index in [2.05, 4.69) is 21.6 Å². The topological polar surface area (TPSA) is 44.4 Å². The largest absolute Gasteiger partial charge is 0.338 e. The van der Waals surface area contributed by atoms with Crippen LogP contribution in [0.3, 0.4) is 0 Å². The van der Waals surface area contributed by atoms with E-state index in [9.17, 15) is 4.79 Å². The van der Waals surface area contributed by atoms with Gasteiger partial charge in [-0.1, -0.05) is 41.4 Å². The molecule has 0 spiro atoms. The van der Waals surface area contributed by atoms with Gasteiger partial charge in [-0.25, -0.2) is 4.79 Å². The molecule has 26 heavy (non-hydrogen) atoms. The van der Waals surface area contributed by atoms with Gasteiger partial charge in [0.2, 0.25) is 0 Å². The first-order chi connectivity index (χ1) is 12.6. The molecule has 0 atom stereocenters. The average Bonchev–Trinajstić information content (AvgIpc) is 2.63. The maximum absolute atomic E-state index is 12.0. The molecule has 0 bridgehead atoms. The second kappa shape index (κ2) is 9.06. The van der Waals surface area contributed by atoms with Crippen LogP contribution in [0.15, 0.2) is 48.5 Å². The first-order valence-electron chi connectivity index (χ1n) is 9.17. The zero-order valence-corrected chi connectivity index (χ0v) is 15.9. The van der Waals surface area contributed by atoms with E-state index < -0.39 is 0 Å². The molecule has 2 aromatic carbocycles. The molecule has 1 saturated heterocycles. The molecule has 3 rings (SSSR count). The molecule has 0 unspecified atom stereocenters. The van der Waals surface area contributed by atoms with Crippen molar-refractivity contribution in [3.63, 3.8) is 0 Å². The Balaban J connectivity index is 1.37. The van der Waals surface area contributed by atoms with Crippen LogP contribution in [0.25, 0.3) is 0 Å². The van der Waals surface area contributed by atoms with Gasteiger partial charge in [-0.05, 0) is 68.6 Å². The molecule has 0 radical (unpaired) electrons. The standard InChI is InChI=1S/C21H26ClN3O/c1-16-5-7-20(8-6-16)24-21(26)23-14-17-9-11-25(12-10-17)15-18-3-2-4-19(22)13-18/h2-8,13,17H,9-12,14-15H2,1H3,(H2,23,24,26). The fourth-order valence-electron chi connectivity index (χ4n) is 3.29. The molecule has 0 aromatic heterocycles. The van der Waals surface area contributed by atoms with E-state index in [1.807, 2.05) is 49.4 Å². The van der Waals surface area contributed by atoms with Crippen molar-refractivity contribution in [3.05, 3.63) is 64.7 Å². The third-order valence-electron chi connectivity index (χ3n) is 4.86. The maximum Gasteiger partial charge on any atom is 0.319 e. The highest BCUT2D eigenvalue weighted by molar-refractivity contribution is 6.30. The second-order valence-corrected chi connectivity index (χ2v) is 7.49. The maximum atomic E-state index is 12.0. The van der Waals surface area contributed by atoms with E-state index in [-0.39, 0.29) is 6.03 Å². The Morgan fingerprint density at radius 2 is 1.88 bits per heavy atom. The number of likely N-dealkylation sites (tertiary alicyclic amines) is 1. The highest BCUT2D eigenvalue weighted by Gasteiger charge is 2.19. The van der Waals surface area contributed by atoms with Crippen molar-refractivity contribution >= 4 is 23.3 Å². The lowest BCUT2D eigenvalue weighted by Gasteiger charge is -2.32. The average molecular weight is 372 g/mol. The third kappa shape index (κ3) is 5.75. The van der Waals surface area contributed by atoms with E-state index >= 15 is 0 Å². The fourth-order valence-corrected chi connectivity index (χ4v) is 3.50.